The number of carbonyl (C=O) groups is 3. The van der Waals surface area contributed by atoms with Gasteiger partial charge in [-0.2, -0.15) is 17.6 Å². The number of fused-ring (bicyclic) bond motifs is 3. The quantitative estimate of drug-likeness (QED) is 0.164. The molecule has 9 nitrogen and oxygen atoms in total. The number of amidine groups is 1. The van der Waals surface area contributed by atoms with Gasteiger partial charge in [-0.05, 0) is 42.3 Å². The summed E-state index contributed by atoms with van der Waals surface area (Å²) in [7, 11) is 0. The Morgan fingerprint density at radius 2 is 1.84 bits per heavy atom. The number of nitrogens with two attached hydrogens (primary N) is 1. The molecule has 1 fully saturated rings. The Kier molecular flexibility index (Phi) is 8.25. The predicted octanol–water partition coefficient (Wildman–Crippen LogP) is 3.97. The van der Waals surface area contributed by atoms with Crippen LogP contribution in [0.25, 0.3) is 11.1 Å². The highest BCUT2D eigenvalue weighted by Crippen LogP contribution is 2.50. The topological polar surface area (TPSA) is 138 Å². The second-order valence-electron chi connectivity index (χ2n) is 10.2. The van der Waals surface area contributed by atoms with E-state index in [4.69, 9.17) is 11.1 Å². The Labute approximate surface area is 247 Å². The zero-order chi connectivity index (χ0) is 31.1. The van der Waals surface area contributed by atoms with Gasteiger partial charge in [-0.15, -0.1) is 11.3 Å². The molecule has 1 aliphatic carbocycles. The molecule has 3 atom stereocenters. The van der Waals surface area contributed by atoms with Gasteiger partial charge in [0.2, 0.25) is 11.8 Å². The summed E-state index contributed by atoms with van der Waals surface area (Å²) in [6.45, 7) is -2.30. The number of carbonyl (C=O) groups excluding carboxylic acids is 3. The molecule has 1 saturated heterocycles. The number of hydrogen-bond acceptors (Lipinski definition) is 6. The van der Waals surface area contributed by atoms with E-state index in [0.717, 1.165) is 4.90 Å². The molecule has 2 heterocycles. The number of nitrogens with one attached hydrogen (secondary N) is 3. The fourth-order valence-corrected chi connectivity index (χ4v) is 6.23. The molecule has 0 spiro atoms. The fourth-order valence-electron chi connectivity index (χ4n) is 5.36. The lowest BCUT2D eigenvalue weighted by Crippen LogP contribution is -2.49. The highest BCUT2D eigenvalue weighted by Gasteiger charge is 2.44. The molecule has 226 valence electrons. The molecule has 1 aromatic heterocycles. The van der Waals surface area contributed by atoms with Crippen LogP contribution in [0.5, 0.6) is 0 Å². The maximum Gasteiger partial charge on any atom is 0.345 e. The third-order valence-electron chi connectivity index (χ3n) is 7.43. The second-order valence-corrected chi connectivity index (χ2v) is 11.3. The molecular formula is C29H27F4N5O4S. The monoisotopic (exact) mass is 617 g/mol. The molecule has 2 aromatic carbocycles. The highest BCUT2D eigenvalue weighted by atomic mass is 32.1. The van der Waals surface area contributed by atoms with E-state index in [9.17, 15) is 31.9 Å². The van der Waals surface area contributed by atoms with Crippen molar-refractivity contribution in [3.8, 4) is 11.1 Å². The van der Waals surface area contributed by atoms with Crippen molar-refractivity contribution >= 4 is 34.9 Å². The lowest BCUT2D eigenvalue weighted by Gasteiger charge is -2.25. The molecule has 0 bridgehead atoms. The van der Waals surface area contributed by atoms with Crippen LogP contribution in [0.3, 0.4) is 0 Å². The molecule has 0 saturated carbocycles. The molecule has 3 amide bonds. The molecule has 3 aromatic rings. The van der Waals surface area contributed by atoms with Crippen molar-refractivity contribution in [3.63, 3.8) is 0 Å². The lowest BCUT2D eigenvalue weighted by molar-refractivity contribution is -0.160. The standard InChI is InChI=1S/C29H27F4N5O4S/c1-14(22-8-9-23(43-22)25(34)35)37-27(41)21-11-16(42-28(30)31)13-38(21)24(39)12-36-26(40)15-6-7-20-18(10-15)17-4-2-3-5-19(17)29(20,32)33/h2-10,14,16,21,28H,11-13H2,1H3,(H3,34,35)(H,36,40)(H,37,41)/t14-,16-,21+/m1/s1. The van der Waals surface area contributed by atoms with Gasteiger partial charge in [0, 0.05) is 34.5 Å². The maximum atomic E-state index is 14.9. The van der Waals surface area contributed by atoms with E-state index < -0.39 is 55.0 Å². The van der Waals surface area contributed by atoms with E-state index in [1.54, 1.807) is 25.1 Å². The SMILES string of the molecule is C[C@@H](NC(=O)[C@@H]1C[C@@H](OC(F)F)CN1C(=O)CNC(=O)c1ccc2c(c1)-c1ccccc1C2(F)F)c1ccc(C(=N)N)s1. The number of alkyl halides is 4. The number of halogens is 4. The molecular weight excluding hydrogens is 590 g/mol. The van der Waals surface area contributed by atoms with Crippen LogP contribution in [0.1, 0.15) is 50.6 Å². The van der Waals surface area contributed by atoms with Gasteiger partial charge in [-0.25, -0.2) is 0 Å². The van der Waals surface area contributed by atoms with Gasteiger partial charge in [0.1, 0.15) is 11.9 Å². The van der Waals surface area contributed by atoms with Gasteiger partial charge in [0.25, 0.3) is 11.8 Å². The molecule has 0 radical (unpaired) electrons. The molecule has 1 aliphatic heterocycles. The zero-order valence-corrected chi connectivity index (χ0v) is 23.5. The fraction of sp³-hybridized carbons (Fsp3) is 0.310. The van der Waals surface area contributed by atoms with Crippen molar-refractivity contribution in [3.05, 3.63) is 81.0 Å². The molecule has 0 unspecified atom stereocenters. The van der Waals surface area contributed by atoms with Gasteiger partial charge in [0.05, 0.1) is 23.6 Å². The minimum absolute atomic E-state index is 0.0448. The average molecular weight is 618 g/mol. The van der Waals surface area contributed by atoms with Crippen LogP contribution < -0.4 is 16.4 Å². The van der Waals surface area contributed by atoms with Gasteiger partial charge < -0.3 is 26.0 Å². The maximum absolute atomic E-state index is 14.9. The van der Waals surface area contributed by atoms with Crippen molar-refractivity contribution in [2.75, 3.05) is 13.1 Å². The van der Waals surface area contributed by atoms with Crippen LogP contribution in [-0.4, -0.2) is 60.3 Å². The lowest BCUT2D eigenvalue weighted by atomic mass is 10.0. The van der Waals surface area contributed by atoms with Crippen molar-refractivity contribution in [2.45, 2.75) is 44.1 Å². The van der Waals surface area contributed by atoms with Crippen LogP contribution in [0, 0.1) is 5.41 Å². The van der Waals surface area contributed by atoms with E-state index in [1.165, 1.54) is 47.7 Å². The summed E-state index contributed by atoms with van der Waals surface area (Å²) in [4.78, 5) is 41.5. The number of amides is 3. The summed E-state index contributed by atoms with van der Waals surface area (Å²) in [5, 5.41) is 12.7. The third-order valence-corrected chi connectivity index (χ3v) is 8.74. The van der Waals surface area contributed by atoms with Crippen LogP contribution >= 0.6 is 11.3 Å². The summed E-state index contributed by atoms with van der Waals surface area (Å²) in [6.07, 6.45) is -1.31. The number of likely N-dealkylation sites (tertiary alicyclic amines) is 1. The summed E-state index contributed by atoms with van der Waals surface area (Å²) in [5.41, 5.74) is 5.66. The minimum atomic E-state index is -3.21. The third kappa shape index (κ3) is 5.97. The first-order valence-corrected chi connectivity index (χ1v) is 14.1. The van der Waals surface area contributed by atoms with Gasteiger partial charge in [-0.3, -0.25) is 19.8 Å². The Morgan fingerprint density at radius 3 is 2.53 bits per heavy atom. The van der Waals surface area contributed by atoms with E-state index in [1.807, 2.05) is 0 Å². The smallest absolute Gasteiger partial charge is 0.345 e. The Balaban J connectivity index is 1.27. The van der Waals surface area contributed by atoms with Crippen LogP contribution in [0.4, 0.5) is 17.6 Å². The van der Waals surface area contributed by atoms with Crippen molar-refractivity contribution in [1.82, 2.24) is 15.5 Å². The number of nitrogens with zero attached hydrogens (tertiary/aromatic N) is 1. The molecule has 2 aliphatic rings. The van der Waals surface area contributed by atoms with Crippen LogP contribution in [0.15, 0.2) is 54.6 Å². The average Bonchev–Trinajstić information content (AvgIpc) is 3.68. The molecule has 43 heavy (non-hydrogen) atoms. The van der Waals surface area contributed by atoms with E-state index in [-0.39, 0.29) is 41.1 Å². The number of thiophene rings is 1. The molecule has 5 N–H and O–H groups in total. The minimum Gasteiger partial charge on any atom is -0.383 e. The number of nitrogen functional groups attached to an aromatic ring is 1. The molecule has 5 rings (SSSR count). The Morgan fingerprint density at radius 1 is 1.12 bits per heavy atom. The predicted molar refractivity (Wildman–Crippen MR) is 150 cm³/mol. The normalized spacial score (nSPS) is 19.1. The van der Waals surface area contributed by atoms with Crippen molar-refractivity contribution < 1.29 is 36.7 Å². The number of ether oxygens (including phenoxy) is 1. The van der Waals surface area contributed by atoms with Gasteiger partial charge >= 0.3 is 6.61 Å². The summed E-state index contributed by atoms with van der Waals surface area (Å²) >= 11 is 1.20. The number of benzene rings is 2. The largest absolute Gasteiger partial charge is 0.383 e. The van der Waals surface area contributed by atoms with Crippen LogP contribution in [0.2, 0.25) is 0 Å². The Bertz CT molecular complexity index is 1600. The summed E-state index contributed by atoms with van der Waals surface area (Å²) in [6, 6.07) is 11.4. The van der Waals surface area contributed by atoms with Crippen LogP contribution in [-0.2, 0) is 20.2 Å². The van der Waals surface area contributed by atoms with Crippen molar-refractivity contribution in [2.24, 2.45) is 5.73 Å². The summed E-state index contributed by atoms with van der Waals surface area (Å²) in [5.74, 6) is -5.37. The first kappa shape index (κ1) is 30.2. The summed E-state index contributed by atoms with van der Waals surface area (Å²) < 4.78 is 60.2. The van der Waals surface area contributed by atoms with E-state index in [2.05, 4.69) is 15.4 Å². The first-order valence-electron chi connectivity index (χ1n) is 13.2. The van der Waals surface area contributed by atoms with Gasteiger partial charge in [-0.1, -0.05) is 30.3 Å². The zero-order valence-electron chi connectivity index (χ0n) is 22.7. The molecule has 14 heteroatoms. The Hall–Kier alpha value is -4.30. The van der Waals surface area contributed by atoms with Gasteiger partial charge in [0.15, 0.2) is 0 Å². The first-order chi connectivity index (χ1) is 20.4. The number of hydrogen-bond donors (Lipinski definition) is 4. The van der Waals surface area contributed by atoms with E-state index >= 15 is 0 Å². The van der Waals surface area contributed by atoms with Crippen molar-refractivity contribution in [1.29, 1.82) is 5.41 Å². The number of rotatable bonds is 9. The second kappa shape index (κ2) is 11.8. The highest BCUT2D eigenvalue weighted by molar-refractivity contribution is 7.14. The van der Waals surface area contributed by atoms with E-state index in [0.29, 0.717) is 15.3 Å².